The fourth-order valence-electron chi connectivity index (χ4n) is 1.06. The molecule has 58 valence electrons. The van der Waals surface area contributed by atoms with Gasteiger partial charge in [-0.2, -0.15) is 0 Å². The van der Waals surface area contributed by atoms with Crippen molar-refractivity contribution in [3.05, 3.63) is 0 Å². The minimum absolute atomic E-state index is 0.401. The highest BCUT2D eigenvalue weighted by atomic mass is 32.1. The van der Waals surface area contributed by atoms with Crippen LogP contribution < -0.4 is 5.32 Å². The number of ether oxygens (including phenoxy) is 1. The Morgan fingerprint density at radius 3 is 3.10 bits per heavy atom. The number of rotatable bonds is 2. The lowest BCUT2D eigenvalue weighted by Crippen LogP contribution is -2.28. The van der Waals surface area contributed by atoms with Crippen LogP contribution >= 0.6 is 12.2 Å². The normalized spacial score (nSPS) is 24.7. The summed E-state index contributed by atoms with van der Waals surface area (Å²) in [5.41, 5.74) is 0. The van der Waals surface area contributed by atoms with Gasteiger partial charge in [0.25, 0.3) is 0 Å². The Bertz CT molecular complexity index is 121. The van der Waals surface area contributed by atoms with Crippen LogP contribution in [0.25, 0.3) is 0 Å². The first kappa shape index (κ1) is 7.95. The van der Waals surface area contributed by atoms with Crippen molar-refractivity contribution >= 4 is 17.2 Å². The molecule has 1 aliphatic rings. The van der Waals surface area contributed by atoms with Gasteiger partial charge in [-0.15, -0.1) is 0 Å². The van der Waals surface area contributed by atoms with Gasteiger partial charge in [-0.25, -0.2) is 0 Å². The predicted octanol–water partition coefficient (Wildman–Crippen LogP) is 1.10. The first-order valence-electron chi connectivity index (χ1n) is 3.65. The average Bonchev–Trinajstić information content (AvgIpc) is 2.34. The van der Waals surface area contributed by atoms with Crippen LogP contribution in [0, 0.1) is 0 Å². The van der Waals surface area contributed by atoms with Crippen molar-refractivity contribution in [1.29, 1.82) is 0 Å². The molecule has 1 fully saturated rings. The monoisotopic (exact) mass is 159 g/mol. The Morgan fingerprint density at radius 1 is 1.80 bits per heavy atom. The maximum Gasteiger partial charge on any atom is 0.0748 e. The fraction of sp³-hybridized carbons (Fsp3) is 0.857. The van der Waals surface area contributed by atoms with Crippen LogP contribution in [0.1, 0.15) is 19.8 Å². The summed E-state index contributed by atoms with van der Waals surface area (Å²) >= 11 is 4.86. The molecule has 1 aliphatic heterocycles. The van der Waals surface area contributed by atoms with Crippen molar-refractivity contribution in [3.63, 3.8) is 0 Å². The van der Waals surface area contributed by atoms with Gasteiger partial charge in [-0.1, -0.05) is 12.2 Å². The lowest BCUT2D eigenvalue weighted by molar-refractivity contribution is 0.114. The zero-order chi connectivity index (χ0) is 7.40. The molecule has 2 nitrogen and oxygen atoms in total. The molecule has 1 atom stereocenters. The molecule has 1 saturated heterocycles. The van der Waals surface area contributed by atoms with Crippen LogP contribution in [0.4, 0.5) is 0 Å². The third-order valence-corrected chi connectivity index (χ3v) is 1.75. The summed E-state index contributed by atoms with van der Waals surface area (Å²) in [7, 11) is 0. The van der Waals surface area contributed by atoms with Crippen molar-refractivity contribution in [2.45, 2.75) is 25.9 Å². The second kappa shape index (κ2) is 3.88. The van der Waals surface area contributed by atoms with Gasteiger partial charge in [0, 0.05) is 13.2 Å². The van der Waals surface area contributed by atoms with E-state index < -0.39 is 0 Å². The summed E-state index contributed by atoms with van der Waals surface area (Å²) in [6.45, 7) is 3.70. The highest BCUT2D eigenvalue weighted by molar-refractivity contribution is 7.80. The van der Waals surface area contributed by atoms with Crippen LogP contribution in [0.2, 0.25) is 0 Å². The van der Waals surface area contributed by atoms with E-state index in [9.17, 15) is 0 Å². The minimum atomic E-state index is 0.401. The molecule has 0 aliphatic carbocycles. The third kappa shape index (κ3) is 2.62. The highest BCUT2D eigenvalue weighted by Crippen LogP contribution is 2.10. The molecule has 1 N–H and O–H groups in total. The Balaban J connectivity index is 2.07. The van der Waals surface area contributed by atoms with Crippen LogP contribution in [0.5, 0.6) is 0 Å². The molecule has 1 unspecified atom stereocenters. The first-order valence-corrected chi connectivity index (χ1v) is 4.06. The van der Waals surface area contributed by atoms with Crippen molar-refractivity contribution in [1.82, 2.24) is 5.32 Å². The van der Waals surface area contributed by atoms with Crippen molar-refractivity contribution < 1.29 is 4.74 Å². The molecule has 1 heterocycles. The summed E-state index contributed by atoms with van der Waals surface area (Å²) in [6.07, 6.45) is 2.77. The lowest BCUT2D eigenvalue weighted by Gasteiger charge is -2.09. The zero-order valence-corrected chi connectivity index (χ0v) is 7.04. The van der Waals surface area contributed by atoms with Gasteiger partial charge >= 0.3 is 0 Å². The predicted molar refractivity (Wildman–Crippen MR) is 45.2 cm³/mol. The quantitative estimate of drug-likeness (QED) is 0.610. The van der Waals surface area contributed by atoms with E-state index in [-0.39, 0.29) is 0 Å². The number of nitrogens with one attached hydrogen (secondary N) is 1. The van der Waals surface area contributed by atoms with Crippen molar-refractivity contribution in [2.75, 3.05) is 13.2 Å². The van der Waals surface area contributed by atoms with Crippen LogP contribution in [0.3, 0.4) is 0 Å². The number of hydrogen-bond acceptors (Lipinski definition) is 2. The van der Waals surface area contributed by atoms with E-state index in [0.717, 1.165) is 18.1 Å². The van der Waals surface area contributed by atoms with Crippen molar-refractivity contribution in [3.8, 4) is 0 Å². The average molecular weight is 159 g/mol. The van der Waals surface area contributed by atoms with E-state index in [0.29, 0.717) is 6.10 Å². The van der Waals surface area contributed by atoms with Gasteiger partial charge in [0.2, 0.25) is 0 Å². The molecule has 0 spiro atoms. The second-order valence-corrected chi connectivity index (χ2v) is 3.18. The second-order valence-electron chi connectivity index (χ2n) is 2.57. The molecule has 0 radical (unpaired) electrons. The molecule has 0 aromatic rings. The zero-order valence-electron chi connectivity index (χ0n) is 6.22. The van der Waals surface area contributed by atoms with Crippen LogP contribution in [-0.2, 0) is 4.74 Å². The molecular formula is C7H13NOS. The maximum absolute atomic E-state index is 5.38. The standard InChI is InChI=1S/C7H13NOS/c1-6(10)8-5-7-3-2-4-9-7/h7H,2-5H2,1H3,(H,8,10). The molecule has 0 aromatic carbocycles. The molecule has 0 saturated carbocycles. The minimum Gasteiger partial charge on any atom is -0.377 e. The summed E-state index contributed by atoms with van der Waals surface area (Å²) < 4.78 is 5.38. The molecule has 0 aromatic heterocycles. The van der Waals surface area contributed by atoms with Gasteiger partial charge < -0.3 is 10.1 Å². The molecular weight excluding hydrogens is 146 g/mol. The van der Waals surface area contributed by atoms with Crippen LogP contribution in [0.15, 0.2) is 0 Å². The van der Waals surface area contributed by atoms with E-state index >= 15 is 0 Å². The fourth-order valence-corrected chi connectivity index (χ4v) is 1.15. The molecule has 0 bridgehead atoms. The largest absolute Gasteiger partial charge is 0.377 e. The maximum atomic E-state index is 5.38. The Hall–Kier alpha value is -0.150. The third-order valence-electron chi connectivity index (χ3n) is 1.60. The molecule has 3 heteroatoms. The Morgan fingerprint density at radius 2 is 2.60 bits per heavy atom. The highest BCUT2D eigenvalue weighted by Gasteiger charge is 2.14. The molecule has 0 amide bonds. The van der Waals surface area contributed by atoms with Gasteiger partial charge in [0.15, 0.2) is 0 Å². The van der Waals surface area contributed by atoms with E-state index in [1.54, 1.807) is 0 Å². The summed E-state index contributed by atoms with van der Waals surface area (Å²) in [4.78, 5) is 0.857. The molecule has 1 rings (SSSR count). The van der Waals surface area contributed by atoms with Gasteiger partial charge in [-0.3, -0.25) is 0 Å². The number of hydrogen-bond donors (Lipinski definition) is 1. The lowest BCUT2D eigenvalue weighted by atomic mass is 10.2. The summed E-state index contributed by atoms with van der Waals surface area (Å²) in [5.74, 6) is 0. The SMILES string of the molecule is CC(=S)NCC1CCCO1. The first-order chi connectivity index (χ1) is 4.79. The summed E-state index contributed by atoms with van der Waals surface area (Å²) in [5, 5.41) is 3.09. The Labute approximate surface area is 66.9 Å². The van der Waals surface area contributed by atoms with Crippen LogP contribution in [-0.4, -0.2) is 24.2 Å². The Kier molecular flexibility index (Phi) is 3.09. The van der Waals surface area contributed by atoms with Gasteiger partial charge in [-0.05, 0) is 19.8 Å². The topological polar surface area (TPSA) is 21.3 Å². The van der Waals surface area contributed by atoms with E-state index in [2.05, 4.69) is 5.32 Å². The van der Waals surface area contributed by atoms with E-state index in [4.69, 9.17) is 17.0 Å². The van der Waals surface area contributed by atoms with Gasteiger partial charge in [0.05, 0.1) is 11.1 Å². The smallest absolute Gasteiger partial charge is 0.0748 e. The van der Waals surface area contributed by atoms with E-state index in [1.807, 2.05) is 6.92 Å². The van der Waals surface area contributed by atoms with Gasteiger partial charge in [0.1, 0.15) is 0 Å². The number of thiocarbonyl (C=S) groups is 1. The van der Waals surface area contributed by atoms with Crippen molar-refractivity contribution in [2.24, 2.45) is 0 Å². The van der Waals surface area contributed by atoms with E-state index in [1.165, 1.54) is 12.8 Å². The summed E-state index contributed by atoms with van der Waals surface area (Å²) in [6, 6.07) is 0. The molecule has 10 heavy (non-hydrogen) atoms.